The van der Waals surface area contributed by atoms with Gasteiger partial charge in [0.05, 0.1) is 36.9 Å². The number of aromatic nitrogens is 1. The van der Waals surface area contributed by atoms with Crippen LogP contribution >= 0.6 is 11.6 Å². The zero-order chi connectivity index (χ0) is 17.8. The van der Waals surface area contributed by atoms with Crippen LogP contribution < -0.4 is 10.1 Å². The zero-order valence-electron chi connectivity index (χ0n) is 14.1. The van der Waals surface area contributed by atoms with Gasteiger partial charge in [-0.3, -0.25) is 4.79 Å². The molecule has 0 aliphatic rings. The van der Waals surface area contributed by atoms with Crippen LogP contribution in [0.2, 0.25) is 5.02 Å². The molecule has 3 aromatic rings. The third-order valence-corrected chi connectivity index (χ3v) is 4.11. The molecular formula is C19H19ClN2O3. The van der Waals surface area contributed by atoms with E-state index in [1.165, 1.54) is 0 Å². The van der Waals surface area contributed by atoms with E-state index in [9.17, 15) is 4.79 Å². The normalized spacial score (nSPS) is 10.8. The Balaban J connectivity index is 2.05. The highest BCUT2D eigenvalue weighted by Gasteiger charge is 2.11. The van der Waals surface area contributed by atoms with Crippen LogP contribution in [0.25, 0.3) is 21.8 Å². The van der Waals surface area contributed by atoms with Gasteiger partial charge in [-0.05, 0) is 43.3 Å². The van der Waals surface area contributed by atoms with Gasteiger partial charge < -0.3 is 14.8 Å². The number of carbonyl (C=O) groups is 1. The summed E-state index contributed by atoms with van der Waals surface area (Å²) in [7, 11) is 1.63. The summed E-state index contributed by atoms with van der Waals surface area (Å²) in [4.78, 5) is 16.3. The number of benzene rings is 2. The van der Waals surface area contributed by atoms with Crippen molar-refractivity contribution < 1.29 is 14.3 Å². The quantitative estimate of drug-likeness (QED) is 0.522. The SMILES string of the molecule is CCOC(=O)CCNc1c2ccc(Cl)cc2nc2ccc(OC)cc12. The van der Waals surface area contributed by atoms with Crippen molar-refractivity contribution in [2.75, 3.05) is 25.6 Å². The number of nitrogens with zero attached hydrogens (tertiary/aromatic N) is 1. The fourth-order valence-electron chi connectivity index (χ4n) is 2.74. The van der Waals surface area contributed by atoms with E-state index in [-0.39, 0.29) is 12.4 Å². The Morgan fingerprint density at radius 2 is 2.00 bits per heavy atom. The van der Waals surface area contributed by atoms with E-state index in [0.29, 0.717) is 18.2 Å². The molecule has 1 aromatic heterocycles. The highest BCUT2D eigenvalue weighted by molar-refractivity contribution is 6.31. The van der Waals surface area contributed by atoms with Crippen LogP contribution in [-0.4, -0.2) is 31.2 Å². The first-order chi connectivity index (χ1) is 12.1. The second-order valence-corrected chi connectivity index (χ2v) is 5.95. The first-order valence-corrected chi connectivity index (χ1v) is 8.46. The van der Waals surface area contributed by atoms with Crippen LogP contribution in [0.4, 0.5) is 5.69 Å². The molecule has 1 heterocycles. The van der Waals surface area contributed by atoms with Gasteiger partial charge in [0.15, 0.2) is 0 Å². The summed E-state index contributed by atoms with van der Waals surface area (Å²) in [5, 5.41) is 5.85. The van der Waals surface area contributed by atoms with E-state index < -0.39 is 0 Å². The third-order valence-electron chi connectivity index (χ3n) is 3.88. The Labute approximate surface area is 150 Å². The molecule has 0 aliphatic heterocycles. The van der Waals surface area contributed by atoms with E-state index in [0.717, 1.165) is 33.2 Å². The van der Waals surface area contributed by atoms with Crippen molar-refractivity contribution >= 4 is 45.1 Å². The van der Waals surface area contributed by atoms with Crippen LogP contribution in [0.1, 0.15) is 13.3 Å². The number of hydrogen-bond acceptors (Lipinski definition) is 5. The Morgan fingerprint density at radius 1 is 1.16 bits per heavy atom. The van der Waals surface area contributed by atoms with Gasteiger partial charge in [0.25, 0.3) is 0 Å². The first-order valence-electron chi connectivity index (χ1n) is 8.09. The van der Waals surface area contributed by atoms with Gasteiger partial charge in [0.1, 0.15) is 5.75 Å². The van der Waals surface area contributed by atoms with E-state index >= 15 is 0 Å². The molecule has 0 unspecified atom stereocenters. The molecule has 0 amide bonds. The van der Waals surface area contributed by atoms with E-state index in [4.69, 9.17) is 21.1 Å². The summed E-state index contributed by atoms with van der Waals surface area (Å²) in [6.07, 6.45) is 0.288. The number of carbonyl (C=O) groups excluding carboxylic acids is 1. The number of methoxy groups -OCH3 is 1. The second kappa shape index (κ2) is 7.57. The number of fused-ring (bicyclic) bond motifs is 2. The lowest BCUT2D eigenvalue weighted by atomic mass is 10.1. The standard InChI is InChI=1S/C19H19ClN2O3/c1-3-25-18(23)8-9-21-19-14-6-4-12(20)10-17(14)22-16-7-5-13(24-2)11-15(16)19/h4-7,10-11H,3,8-9H2,1-2H3,(H,21,22). The van der Waals surface area contributed by atoms with Crippen molar-refractivity contribution in [2.24, 2.45) is 0 Å². The smallest absolute Gasteiger partial charge is 0.307 e. The first kappa shape index (κ1) is 17.3. The van der Waals surface area contributed by atoms with Crippen LogP contribution in [-0.2, 0) is 9.53 Å². The Hall–Kier alpha value is -2.53. The average molecular weight is 359 g/mol. The number of ether oxygens (including phenoxy) is 2. The van der Waals surface area contributed by atoms with Crippen LogP contribution in [0, 0.1) is 0 Å². The fraction of sp³-hybridized carbons (Fsp3) is 0.263. The molecule has 0 aliphatic carbocycles. The molecule has 3 rings (SSSR count). The number of esters is 1. The molecule has 0 bridgehead atoms. The van der Waals surface area contributed by atoms with E-state index in [1.54, 1.807) is 14.0 Å². The maximum Gasteiger partial charge on any atom is 0.307 e. The molecule has 0 atom stereocenters. The van der Waals surface area contributed by atoms with Gasteiger partial charge >= 0.3 is 5.97 Å². The minimum absolute atomic E-state index is 0.224. The van der Waals surface area contributed by atoms with Gasteiger partial charge in [0.2, 0.25) is 0 Å². The Morgan fingerprint density at radius 3 is 2.76 bits per heavy atom. The van der Waals surface area contributed by atoms with Crippen LogP contribution in [0.5, 0.6) is 5.75 Å². The predicted octanol–water partition coefficient (Wildman–Crippen LogP) is 4.42. The van der Waals surface area contributed by atoms with Gasteiger partial charge in [-0.15, -0.1) is 0 Å². The lowest BCUT2D eigenvalue weighted by Crippen LogP contribution is -2.12. The number of pyridine rings is 1. The van der Waals surface area contributed by atoms with Crippen molar-refractivity contribution in [3.8, 4) is 5.75 Å². The molecule has 1 N–H and O–H groups in total. The maximum absolute atomic E-state index is 11.6. The largest absolute Gasteiger partial charge is 0.497 e. The molecule has 0 fully saturated rings. The highest BCUT2D eigenvalue weighted by atomic mass is 35.5. The number of halogens is 1. The molecule has 0 radical (unpaired) electrons. The molecular weight excluding hydrogens is 340 g/mol. The Kier molecular flexibility index (Phi) is 5.24. The average Bonchev–Trinajstić information content (AvgIpc) is 2.60. The number of anilines is 1. The second-order valence-electron chi connectivity index (χ2n) is 5.51. The molecule has 5 nitrogen and oxygen atoms in total. The monoisotopic (exact) mass is 358 g/mol. The van der Waals surface area contributed by atoms with Gasteiger partial charge in [-0.25, -0.2) is 4.98 Å². The van der Waals surface area contributed by atoms with Crippen molar-refractivity contribution in [1.29, 1.82) is 0 Å². The Bertz CT molecular complexity index is 927. The molecule has 0 saturated carbocycles. The van der Waals surface area contributed by atoms with Gasteiger partial charge in [0, 0.05) is 22.3 Å². The van der Waals surface area contributed by atoms with Gasteiger partial charge in [-0.1, -0.05) is 11.6 Å². The molecule has 6 heteroatoms. The number of nitrogens with one attached hydrogen (secondary N) is 1. The van der Waals surface area contributed by atoms with Crippen molar-refractivity contribution in [3.63, 3.8) is 0 Å². The maximum atomic E-state index is 11.6. The highest BCUT2D eigenvalue weighted by Crippen LogP contribution is 2.34. The third kappa shape index (κ3) is 3.77. The summed E-state index contributed by atoms with van der Waals surface area (Å²) >= 11 is 6.11. The fourth-order valence-corrected chi connectivity index (χ4v) is 2.90. The van der Waals surface area contributed by atoms with Crippen molar-refractivity contribution in [3.05, 3.63) is 41.4 Å². The van der Waals surface area contributed by atoms with Crippen LogP contribution in [0.3, 0.4) is 0 Å². The van der Waals surface area contributed by atoms with Crippen molar-refractivity contribution in [1.82, 2.24) is 4.98 Å². The number of rotatable bonds is 6. The zero-order valence-corrected chi connectivity index (χ0v) is 14.9. The lowest BCUT2D eigenvalue weighted by Gasteiger charge is -2.14. The number of hydrogen-bond donors (Lipinski definition) is 1. The summed E-state index contributed by atoms with van der Waals surface area (Å²) in [5.74, 6) is 0.523. The van der Waals surface area contributed by atoms with Crippen LogP contribution in [0.15, 0.2) is 36.4 Å². The summed E-state index contributed by atoms with van der Waals surface area (Å²) < 4.78 is 10.3. The molecule has 2 aromatic carbocycles. The lowest BCUT2D eigenvalue weighted by molar-refractivity contribution is -0.142. The van der Waals surface area contributed by atoms with Crippen molar-refractivity contribution in [2.45, 2.75) is 13.3 Å². The van der Waals surface area contributed by atoms with E-state index in [1.807, 2.05) is 36.4 Å². The topological polar surface area (TPSA) is 60.5 Å². The molecule has 0 saturated heterocycles. The predicted molar refractivity (Wildman–Crippen MR) is 101 cm³/mol. The summed E-state index contributed by atoms with van der Waals surface area (Å²) in [6, 6.07) is 11.3. The molecule has 130 valence electrons. The van der Waals surface area contributed by atoms with E-state index in [2.05, 4.69) is 10.3 Å². The molecule has 25 heavy (non-hydrogen) atoms. The molecule has 0 spiro atoms. The minimum atomic E-state index is -0.224. The summed E-state index contributed by atoms with van der Waals surface area (Å²) in [6.45, 7) is 2.65. The minimum Gasteiger partial charge on any atom is -0.497 e. The van der Waals surface area contributed by atoms with Gasteiger partial charge in [-0.2, -0.15) is 0 Å². The summed E-state index contributed by atoms with van der Waals surface area (Å²) in [5.41, 5.74) is 2.53.